The van der Waals surface area contributed by atoms with Gasteiger partial charge < -0.3 is 10.2 Å². The molecule has 3 rings (SSSR count). The molecule has 2 heterocycles. The predicted molar refractivity (Wildman–Crippen MR) is 79.8 cm³/mol. The molecule has 0 saturated carbocycles. The number of amides is 2. The lowest BCUT2D eigenvalue weighted by atomic mass is 10.1. The fourth-order valence-corrected chi connectivity index (χ4v) is 2.85. The van der Waals surface area contributed by atoms with Crippen LogP contribution in [0.2, 0.25) is 0 Å². The monoisotopic (exact) mass is 286 g/mol. The molecule has 1 aromatic rings. The molecule has 110 valence electrons. The van der Waals surface area contributed by atoms with Gasteiger partial charge in [0.1, 0.15) is 6.17 Å². The van der Waals surface area contributed by atoms with Crippen molar-refractivity contribution in [2.24, 2.45) is 5.84 Å². The number of nitrogens with one attached hydrogen (secondary N) is 1. The number of rotatable bonds is 3. The number of benzene rings is 1. The van der Waals surface area contributed by atoms with Gasteiger partial charge in [0.25, 0.3) is 0 Å². The molecule has 3 N–H and O–H groups in total. The molecule has 0 aromatic heterocycles. The van der Waals surface area contributed by atoms with Gasteiger partial charge in [0, 0.05) is 24.4 Å². The number of nitrogens with two attached hydrogens (primary N) is 1. The number of hydrogen-bond acceptors (Lipinski definition) is 4. The minimum Gasteiger partial charge on any atom is -0.366 e. The van der Waals surface area contributed by atoms with E-state index in [1.54, 1.807) is 0 Å². The minimum atomic E-state index is -0.354. The summed E-state index contributed by atoms with van der Waals surface area (Å²) >= 11 is 0. The number of carbonyl (C=O) groups excluding carboxylic acids is 2. The van der Waals surface area contributed by atoms with Gasteiger partial charge in [-0.25, -0.2) is 5.84 Å². The highest BCUT2D eigenvalue weighted by atomic mass is 16.2. The quantitative estimate of drug-likeness (QED) is 0.323. The highest BCUT2D eigenvalue weighted by molar-refractivity contribution is 5.96. The lowest BCUT2D eigenvalue weighted by Crippen LogP contribution is -2.50. The Balaban J connectivity index is 1.97. The van der Waals surface area contributed by atoms with Crippen molar-refractivity contribution in [3.63, 3.8) is 0 Å². The van der Waals surface area contributed by atoms with Crippen LogP contribution in [-0.2, 0) is 9.59 Å². The van der Waals surface area contributed by atoms with Crippen LogP contribution in [0.3, 0.4) is 0 Å². The number of nitrogens with zero attached hydrogens (tertiary/aromatic N) is 2. The first-order valence-electron chi connectivity index (χ1n) is 6.99. The molecule has 2 aliphatic heterocycles. The van der Waals surface area contributed by atoms with Crippen molar-refractivity contribution in [2.45, 2.75) is 32.0 Å². The molecule has 1 aromatic carbocycles. The van der Waals surface area contributed by atoms with E-state index in [-0.39, 0.29) is 18.1 Å². The summed E-state index contributed by atoms with van der Waals surface area (Å²) in [5.74, 6) is 5.74. The van der Waals surface area contributed by atoms with Gasteiger partial charge in [0.05, 0.1) is 0 Å². The van der Waals surface area contributed by atoms with Crippen molar-refractivity contribution < 1.29 is 9.59 Å². The Hall–Kier alpha value is -2.34. The number of fused-ring (bicyclic) bond motifs is 1. The van der Waals surface area contributed by atoms with Crippen molar-refractivity contribution in [3.05, 3.63) is 28.6 Å². The molecular weight excluding hydrogens is 268 g/mol. The zero-order chi connectivity index (χ0) is 15.0. The van der Waals surface area contributed by atoms with Crippen LogP contribution in [0.1, 0.15) is 19.8 Å². The second kappa shape index (κ2) is 5.21. The maximum absolute atomic E-state index is 12.0. The number of anilines is 1. The number of hydrazine groups is 1. The Bertz CT molecular complexity index is 700. The highest BCUT2D eigenvalue weighted by Crippen LogP contribution is 2.24. The smallest absolute Gasteiger partial charge is 0.227 e. The molecule has 1 fully saturated rings. The third kappa shape index (κ3) is 2.38. The van der Waals surface area contributed by atoms with Gasteiger partial charge >= 0.3 is 0 Å². The van der Waals surface area contributed by atoms with Crippen LogP contribution < -0.4 is 26.5 Å². The first kappa shape index (κ1) is 13.6. The zero-order valence-corrected chi connectivity index (χ0v) is 11.8. The van der Waals surface area contributed by atoms with E-state index in [4.69, 9.17) is 5.84 Å². The SMILES string of the molecule is CC1CCC(=O)N1c1ccc2c(c1)=CNC(N(N)C=O)C=2. The van der Waals surface area contributed by atoms with E-state index in [1.807, 2.05) is 35.4 Å². The van der Waals surface area contributed by atoms with Crippen molar-refractivity contribution in [3.8, 4) is 0 Å². The lowest BCUT2D eigenvalue weighted by molar-refractivity contribution is -0.119. The van der Waals surface area contributed by atoms with Gasteiger partial charge in [0.15, 0.2) is 0 Å². The van der Waals surface area contributed by atoms with Crippen molar-refractivity contribution >= 4 is 30.3 Å². The Morgan fingerprint density at radius 1 is 1.43 bits per heavy atom. The average molecular weight is 286 g/mol. The summed E-state index contributed by atoms with van der Waals surface area (Å²) in [6.07, 6.45) is 5.42. The third-order valence-corrected chi connectivity index (χ3v) is 4.02. The summed E-state index contributed by atoms with van der Waals surface area (Å²) in [5, 5.41) is 6.09. The van der Waals surface area contributed by atoms with Crippen molar-refractivity contribution in [2.75, 3.05) is 4.90 Å². The Morgan fingerprint density at radius 3 is 2.90 bits per heavy atom. The summed E-state index contributed by atoms with van der Waals surface area (Å²) in [5.41, 5.74) is 0.911. The molecule has 0 spiro atoms. The fraction of sp³-hybridized carbons (Fsp3) is 0.333. The molecule has 1 saturated heterocycles. The normalized spacial score (nSPS) is 23.7. The fourth-order valence-electron chi connectivity index (χ4n) is 2.85. The van der Waals surface area contributed by atoms with Crippen molar-refractivity contribution in [1.29, 1.82) is 0 Å². The standard InChI is InChI=1S/C15H18N4O2/c1-10-2-5-15(21)19(10)13-4-3-11-7-14(18(16)9-20)17-8-12(11)6-13/h3-4,6-10,14,17H,2,5,16H2,1H3. The van der Waals surface area contributed by atoms with Gasteiger partial charge in [-0.15, -0.1) is 0 Å². The Morgan fingerprint density at radius 2 is 2.24 bits per heavy atom. The van der Waals surface area contributed by atoms with E-state index in [0.29, 0.717) is 12.8 Å². The first-order chi connectivity index (χ1) is 10.1. The first-order valence-corrected chi connectivity index (χ1v) is 6.99. The van der Waals surface area contributed by atoms with Crippen molar-refractivity contribution in [1.82, 2.24) is 10.3 Å². The van der Waals surface area contributed by atoms with E-state index >= 15 is 0 Å². The summed E-state index contributed by atoms with van der Waals surface area (Å²) in [7, 11) is 0. The summed E-state index contributed by atoms with van der Waals surface area (Å²) in [4.78, 5) is 24.5. The second-order valence-electron chi connectivity index (χ2n) is 5.44. The molecule has 0 bridgehead atoms. The van der Waals surface area contributed by atoms with Gasteiger partial charge in [-0.05, 0) is 42.0 Å². The third-order valence-electron chi connectivity index (χ3n) is 4.02. The van der Waals surface area contributed by atoms with E-state index in [0.717, 1.165) is 27.6 Å². The average Bonchev–Trinajstić information content (AvgIpc) is 2.84. The van der Waals surface area contributed by atoms with E-state index < -0.39 is 0 Å². The number of hydrogen-bond donors (Lipinski definition) is 2. The predicted octanol–water partition coefficient (Wildman–Crippen LogP) is -1.02. The van der Waals surface area contributed by atoms with Gasteiger partial charge in [-0.2, -0.15) is 0 Å². The molecule has 2 aliphatic rings. The molecule has 6 nitrogen and oxygen atoms in total. The largest absolute Gasteiger partial charge is 0.366 e. The molecule has 6 heteroatoms. The lowest BCUT2D eigenvalue weighted by Gasteiger charge is -2.25. The minimum absolute atomic E-state index is 0.169. The molecular formula is C15H18N4O2. The van der Waals surface area contributed by atoms with E-state index in [9.17, 15) is 9.59 Å². The van der Waals surface area contributed by atoms with Gasteiger partial charge in [0.2, 0.25) is 12.3 Å². The maximum atomic E-state index is 12.0. The zero-order valence-electron chi connectivity index (χ0n) is 11.8. The van der Waals surface area contributed by atoms with Crippen LogP contribution in [-0.4, -0.2) is 29.5 Å². The van der Waals surface area contributed by atoms with Crippen LogP contribution in [0.4, 0.5) is 5.69 Å². The molecule has 21 heavy (non-hydrogen) atoms. The Kier molecular flexibility index (Phi) is 3.39. The molecule has 2 unspecified atom stereocenters. The highest BCUT2D eigenvalue weighted by Gasteiger charge is 2.28. The maximum Gasteiger partial charge on any atom is 0.227 e. The van der Waals surface area contributed by atoms with E-state index in [1.165, 1.54) is 0 Å². The Labute approximate surface area is 122 Å². The number of carbonyl (C=O) groups is 2. The van der Waals surface area contributed by atoms with Crippen LogP contribution in [0.5, 0.6) is 0 Å². The molecule has 0 radical (unpaired) electrons. The summed E-state index contributed by atoms with van der Waals surface area (Å²) in [6.45, 7) is 2.06. The summed E-state index contributed by atoms with van der Waals surface area (Å²) in [6, 6.07) is 6.11. The topological polar surface area (TPSA) is 78.7 Å². The second-order valence-corrected chi connectivity index (χ2v) is 5.44. The molecule has 2 atom stereocenters. The van der Waals surface area contributed by atoms with Crippen LogP contribution in [0.25, 0.3) is 12.3 Å². The van der Waals surface area contributed by atoms with Crippen LogP contribution in [0.15, 0.2) is 18.2 Å². The van der Waals surface area contributed by atoms with Crippen LogP contribution in [0, 0.1) is 0 Å². The van der Waals surface area contributed by atoms with E-state index in [2.05, 4.69) is 12.2 Å². The van der Waals surface area contributed by atoms with Gasteiger partial charge in [-0.3, -0.25) is 14.6 Å². The van der Waals surface area contributed by atoms with Crippen LogP contribution >= 0.6 is 0 Å². The van der Waals surface area contributed by atoms with Gasteiger partial charge in [-0.1, -0.05) is 6.07 Å². The molecule has 0 aliphatic carbocycles. The molecule has 2 amide bonds. The summed E-state index contributed by atoms with van der Waals surface area (Å²) < 4.78 is 0.